The maximum atomic E-state index is 13.9. The zero-order valence-corrected chi connectivity index (χ0v) is 17.8. The molecule has 1 aliphatic rings. The molecule has 1 aromatic rings. The zero-order valence-electron chi connectivity index (χ0n) is 17.0. The Balaban J connectivity index is 1.71. The number of amides is 1. The molecule has 0 radical (unpaired) electrons. The number of piperidine rings is 1. The van der Waals surface area contributed by atoms with Crippen molar-refractivity contribution in [2.45, 2.75) is 63.7 Å². The monoisotopic (exact) mass is 412 g/mol. The van der Waals surface area contributed by atoms with E-state index in [9.17, 15) is 17.6 Å². The average Bonchev–Trinajstić information content (AvgIpc) is 2.67. The second-order valence-corrected chi connectivity index (χ2v) is 9.90. The van der Waals surface area contributed by atoms with Crippen LogP contribution in [0.1, 0.15) is 58.8 Å². The molecule has 1 N–H and O–H groups in total. The van der Waals surface area contributed by atoms with Crippen LogP contribution in [-0.2, 0) is 14.8 Å². The van der Waals surface area contributed by atoms with Gasteiger partial charge in [0.1, 0.15) is 10.7 Å². The van der Waals surface area contributed by atoms with Crippen LogP contribution in [0.25, 0.3) is 0 Å². The first-order chi connectivity index (χ1) is 13.3. The van der Waals surface area contributed by atoms with E-state index in [0.29, 0.717) is 19.4 Å². The number of benzene rings is 1. The first kappa shape index (κ1) is 22.8. The van der Waals surface area contributed by atoms with Gasteiger partial charge >= 0.3 is 0 Å². The normalized spacial score (nSPS) is 16.4. The van der Waals surface area contributed by atoms with Gasteiger partial charge in [-0.25, -0.2) is 12.8 Å². The van der Waals surface area contributed by atoms with Crippen molar-refractivity contribution in [3.8, 4) is 0 Å². The Hall–Kier alpha value is -1.47. The molecule has 1 aliphatic heterocycles. The Bertz CT molecular complexity index is 729. The van der Waals surface area contributed by atoms with Crippen molar-refractivity contribution in [2.24, 2.45) is 11.8 Å². The maximum absolute atomic E-state index is 13.9. The molecule has 1 heterocycles. The molecule has 1 aromatic carbocycles. The molecule has 0 spiro atoms. The quantitative estimate of drug-likeness (QED) is 0.592. The molecule has 0 bridgehead atoms. The zero-order chi connectivity index (χ0) is 20.6. The van der Waals surface area contributed by atoms with Gasteiger partial charge in [-0.3, -0.25) is 4.79 Å². The Labute approximate surface area is 168 Å². The highest BCUT2D eigenvalue weighted by molar-refractivity contribution is 7.89. The van der Waals surface area contributed by atoms with Gasteiger partial charge in [-0.1, -0.05) is 51.7 Å². The van der Waals surface area contributed by atoms with Gasteiger partial charge in [0.2, 0.25) is 15.9 Å². The lowest BCUT2D eigenvalue weighted by atomic mass is 9.97. The van der Waals surface area contributed by atoms with Crippen LogP contribution in [0.3, 0.4) is 0 Å². The second kappa shape index (κ2) is 10.9. The van der Waals surface area contributed by atoms with E-state index in [4.69, 9.17) is 0 Å². The van der Waals surface area contributed by atoms with Gasteiger partial charge in [-0.15, -0.1) is 0 Å². The number of halogens is 1. The molecule has 0 atom stereocenters. The summed E-state index contributed by atoms with van der Waals surface area (Å²) in [6.07, 6.45) is 6.71. The lowest BCUT2D eigenvalue weighted by molar-refractivity contribution is -0.126. The smallest absolute Gasteiger partial charge is 0.245 e. The first-order valence-electron chi connectivity index (χ1n) is 10.3. The first-order valence-corrected chi connectivity index (χ1v) is 11.8. The summed E-state index contributed by atoms with van der Waals surface area (Å²) in [6, 6.07) is 5.41. The van der Waals surface area contributed by atoms with E-state index < -0.39 is 15.8 Å². The lowest BCUT2D eigenvalue weighted by Gasteiger charge is -2.30. The largest absolute Gasteiger partial charge is 0.356 e. The van der Waals surface area contributed by atoms with Crippen molar-refractivity contribution in [3.05, 3.63) is 30.1 Å². The minimum Gasteiger partial charge on any atom is -0.356 e. The standard InChI is InChI=1S/C21H33FN2O3S/c1-17(2)9-5-3-4-8-14-23-21(25)18-12-15-24(16-13-18)28(26,27)20-11-7-6-10-19(20)22/h6-7,10-11,17-18H,3-5,8-9,12-16H2,1-2H3,(H,23,25). The Morgan fingerprint density at radius 3 is 2.43 bits per heavy atom. The predicted molar refractivity (Wildman–Crippen MR) is 109 cm³/mol. The van der Waals surface area contributed by atoms with E-state index in [1.165, 1.54) is 41.8 Å². The van der Waals surface area contributed by atoms with Crippen LogP contribution in [0.5, 0.6) is 0 Å². The fraction of sp³-hybridized carbons (Fsp3) is 0.667. The highest BCUT2D eigenvalue weighted by atomic mass is 32.2. The predicted octanol–water partition coefficient (Wildman–Crippen LogP) is 3.95. The maximum Gasteiger partial charge on any atom is 0.245 e. The van der Waals surface area contributed by atoms with Crippen LogP contribution >= 0.6 is 0 Å². The number of rotatable bonds is 10. The summed E-state index contributed by atoms with van der Waals surface area (Å²) in [7, 11) is -3.85. The topological polar surface area (TPSA) is 66.5 Å². The highest BCUT2D eigenvalue weighted by Gasteiger charge is 2.33. The molecule has 0 aromatic heterocycles. The number of unbranched alkanes of at least 4 members (excludes halogenated alkanes) is 3. The van der Waals surface area contributed by atoms with Gasteiger partial charge < -0.3 is 5.32 Å². The van der Waals surface area contributed by atoms with Gasteiger partial charge in [0.15, 0.2) is 0 Å². The Kier molecular flexibility index (Phi) is 8.89. The number of sulfonamides is 1. The van der Waals surface area contributed by atoms with Gasteiger partial charge in [0, 0.05) is 25.6 Å². The van der Waals surface area contributed by atoms with E-state index in [0.717, 1.165) is 24.8 Å². The lowest BCUT2D eigenvalue weighted by Crippen LogP contribution is -2.43. The molecule has 1 fully saturated rings. The van der Waals surface area contributed by atoms with Crippen molar-refractivity contribution in [1.29, 1.82) is 0 Å². The molecule has 158 valence electrons. The van der Waals surface area contributed by atoms with Crippen molar-refractivity contribution < 1.29 is 17.6 Å². The molecule has 1 saturated heterocycles. The van der Waals surface area contributed by atoms with E-state index >= 15 is 0 Å². The molecule has 5 nitrogen and oxygen atoms in total. The minimum atomic E-state index is -3.85. The van der Waals surface area contributed by atoms with E-state index in [1.807, 2.05) is 0 Å². The number of carbonyl (C=O) groups excluding carboxylic acids is 1. The molecule has 28 heavy (non-hydrogen) atoms. The summed E-state index contributed by atoms with van der Waals surface area (Å²) in [5.41, 5.74) is 0. The molecular weight excluding hydrogens is 379 g/mol. The summed E-state index contributed by atoms with van der Waals surface area (Å²) in [6.45, 7) is 5.61. The summed E-state index contributed by atoms with van der Waals surface area (Å²) < 4.78 is 40.4. The summed E-state index contributed by atoms with van der Waals surface area (Å²) >= 11 is 0. The van der Waals surface area contributed by atoms with Crippen molar-refractivity contribution in [3.63, 3.8) is 0 Å². The number of hydrogen-bond donors (Lipinski definition) is 1. The fourth-order valence-corrected chi connectivity index (χ4v) is 5.07. The molecule has 0 unspecified atom stereocenters. The van der Waals surface area contributed by atoms with Crippen molar-refractivity contribution in [2.75, 3.05) is 19.6 Å². The van der Waals surface area contributed by atoms with Gasteiger partial charge in [-0.05, 0) is 37.3 Å². The van der Waals surface area contributed by atoms with Crippen molar-refractivity contribution >= 4 is 15.9 Å². The number of carbonyl (C=O) groups is 1. The Morgan fingerprint density at radius 2 is 1.79 bits per heavy atom. The van der Waals surface area contributed by atoms with Crippen LogP contribution in [0.4, 0.5) is 4.39 Å². The summed E-state index contributed by atoms with van der Waals surface area (Å²) in [5, 5.41) is 2.98. The number of nitrogens with one attached hydrogen (secondary N) is 1. The van der Waals surface area contributed by atoms with Crippen LogP contribution in [0.2, 0.25) is 0 Å². The SMILES string of the molecule is CC(C)CCCCCCNC(=O)C1CCN(S(=O)(=O)c2ccccc2F)CC1. The molecule has 2 rings (SSSR count). The molecule has 0 saturated carbocycles. The molecule has 7 heteroatoms. The van der Waals surface area contributed by atoms with E-state index in [1.54, 1.807) is 0 Å². The molecule has 1 amide bonds. The minimum absolute atomic E-state index is 0.00474. The number of nitrogens with zero attached hydrogens (tertiary/aromatic N) is 1. The van der Waals surface area contributed by atoms with Crippen LogP contribution < -0.4 is 5.32 Å². The number of hydrogen-bond acceptors (Lipinski definition) is 3. The van der Waals surface area contributed by atoms with Crippen LogP contribution in [0, 0.1) is 17.7 Å². The fourth-order valence-electron chi connectivity index (χ4n) is 3.54. The highest BCUT2D eigenvalue weighted by Crippen LogP contribution is 2.25. The third-order valence-corrected chi connectivity index (χ3v) is 7.22. The molecular formula is C21H33FN2O3S. The van der Waals surface area contributed by atoms with E-state index in [2.05, 4.69) is 19.2 Å². The van der Waals surface area contributed by atoms with Crippen LogP contribution in [-0.4, -0.2) is 38.3 Å². The second-order valence-electron chi connectivity index (χ2n) is 8.00. The van der Waals surface area contributed by atoms with Gasteiger partial charge in [-0.2, -0.15) is 4.31 Å². The van der Waals surface area contributed by atoms with E-state index in [-0.39, 0.29) is 29.8 Å². The average molecular weight is 413 g/mol. The Morgan fingerprint density at radius 1 is 1.14 bits per heavy atom. The van der Waals surface area contributed by atoms with Crippen molar-refractivity contribution in [1.82, 2.24) is 9.62 Å². The summed E-state index contributed by atoms with van der Waals surface area (Å²) in [4.78, 5) is 12.0. The third kappa shape index (κ3) is 6.55. The van der Waals surface area contributed by atoms with Gasteiger partial charge in [0.05, 0.1) is 0 Å². The third-order valence-electron chi connectivity index (χ3n) is 5.29. The molecule has 0 aliphatic carbocycles. The summed E-state index contributed by atoms with van der Waals surface area (Å²) in [5.74, 6) is -0.165. The van der Waals surface area contributed by atoms with Crippen LogP contribution in [0.15, 0.2) is 29.2 Å². The van der Waals surface area contributed by atoms with Gasteiger partial charge in [0.25, 0.3) is 0 Å².